The third-order valence-corrected chi connectivity index (χ3v) is 4.59. The van der Waals surface area contributed by atoms with Crippen LogP contribution in [0.4, 0.5) is 13.2 Å². The summed E-state index contributed by atoms with van der Waals surface area (Å²) < 4.78 is 46.6. The number of hydrogen-bond acceptors (Lipinski definition) is 3. The maximum Gasteiger partial charge on any atom is 0.416 e. The number of hydrogen-bond donors (Lipinski definition) is 1. The Labute approximate surface area is 170 Å². The fraction of sp³-hybridized carbons (Fsp3) is 0.182. The van der Waals surface area contributed by atoms with Gasteiger partial charge >= 0.3 is 12.1 Å². The maximum absolute atomic E-state index is 13.2. The third kappa shape index (κ3) is 4.15. The van der Waals surface area contributed by atoms with Crippen molar-refractivity contribution < 1.29 is 27.8 Å². The van der Waals surface area contributed by atoms with Gasteiger partial charge in [0.25, 0.3) is 0 Å². The number of carbonyl (C=O) groups is 1. The Morgan fingerprint density at radius 1 is 1.30 bits per heavy atom. The van der Waals surface area contributed by atoms with Gasteiger partial charge in [-0.05, 0) is 42.8 Å². The largest absolute Gasteiger partial charge is 0.496 e. The second kappa shape index (κ2) is 7.95. The second-order valence-electron chi connectivity index (χ2n) is 6.75. The van der Waals surface area contributed by atoms with Crippen molar-refractivity contribution in [2.45, 2.75) is 19.6 Å². The molecule has 8 heteroatoms. The molecule has 0 spiro atoms. The number of methoxy groups -OCH3 is 1. The molecular weight excluding hydrogens is 397 g/mol. The van der Waals surface area contributed by atoms with Crippen molar-refractivity contribution in [3.8, 4) is 11.8 Å². The minimum absolute atomic E-state index is 0.122. The van der Waals surface area contributed by atoms with Gasteiger partial charge in [-0.1, -0.05) is 17.7 Å². The Bertz CT molecular complexity index is 1200. The van der Waals surface area contributed by atoms with Gasteiger partial charge in [0.2, 0.25) is 0 Å². The molecule has 0 fully saturated rings. The number of halogens is 3. The van der Waals surface area contributed by atoms with Crippen LogP contribution in [0.15, 0.2) is 48.2 Å². The maximum atomic E-state index is 13.2. The van der Waals surface area contributed by atoms with E-state index < -0.39 is 23.3 Å². The van der Waals surface area contributed by atoms with E-state index in [9.17, 15) is 23.1 Å². The van der Waals surface area contributed by atoms with Gasteiger partial charge in [0.05, 0.1) is 18.2 Å². The lowest BCUT2D eigenvalue weighted by molar-refractivity contribution is -0.137. The molecule has 1 heterocycles. The monoisotopic (exact) mass is 414 g/mol. The molecule has 0 atom stereocenters. The zero-order valence-corrected chi connectivity index (χ0v) is 16.1. The molecule has 1 aromatic heterocycles. The van der Waals surface area contributed by atoms with Crippen LogP contribution in [-0.4, -0.2) is 22.8 Å². The van der Waals surface area contributed by atoms with Gasteiger partial charge in [0.15, 0.2) is 0 Å². The zero-order chi connectivity index (χ0) is 22.1. The number of carboxylic acid groups (broad SMARTS) is 1. The number of aryl methyl sites for hydroxylation is 1. The number of nitrogens with zero attached hydrogens (tertiary/aromatic N) is 2. The van der Waals surface area contributed by atoms with Crippen molar-refractivity contribution in [2.24, 2.45) is 0 Å². The predicted molar refractivity (Wildman–Crippen MR) is 105 cm³/mol. The Morgan fingerprint density at radius 3 is 2.63 bits per heavy atom. The van der Waals surface area contributed by atoms with Crippen LogP contribution in [-0.2, 0) is 17.5 Å². The summed E-state index contributed by atoms with van der Waals surface area (Å²) in [5, 5.41) is 18.8. The second-order valence-corrected chi connectivity index (χ2v) is 6.75. The lowest BCUT2D eigenvalue weighted by atomic mass is 10.1. The zero-order valence-electron chi connectivity index (χ0n) is 16.1. The third-order valence-electron chi connectivity index (χ3n) is 4.59. The van der Waals surface area contributed by atoms with Crippen LogP contribution in [0, 0.1) is 18.3 Å². The highest BCUT2D eigenvalue weighted by Crippen LogP contribution is 2.34. The van der Waals surface area contributed by atoms with Crippen molar-refractivity contribution in [2.75, 3.05) is 7.11 Å². The number of rotatable bonds is 5. The van der Waals surface area contributed by atoms with Crippen molar-refractivity contribution in [1.82, 2.24) is 4.57 Å². The number of benzene rings is 2. The molecule has 3 aromatic rings. The fourth-order valence-electron chi connectivity index (χ4n) is 3.37. The number of alkyl halides is 3. The normalized spacial score (nSPS) is 12.1. The first-order valence-electron chi connectivity index (χ1n) is 8.82. The first-order chi connectivity index (χ1) is 14.1. The molecule has 0 saturated heterocycles. The van der Waals surface area contributed by atoms with Crippen LogP contribution in [0.5, 0.6) is 5.75 Å². The molecule has 0 aliphatic rings. The molecule has 3 rings (SSSR count). The van der Waals surface area contributed by atoms with Crippen molar-refractivity contribution in [1.29, 1.82) is 5.26 Å². The molecule has 0 aliphatic heterocycles. The molecular formula is C22H17F3N2O3. The summed E-state index contributed by atoms with van der Waals surface area (Å²) in [6, 6.07) is 10.6. The van der Waals surface area contributed by atoms with Crippen LogP contribution in [0.25, 0.3) is 17.0 Å². The van der Waals surface area contributed by atoms with Gasteiger partial charge in [-0.25, -0.2) is 4.79 Å². The summed E-state index contributed by atoms with van der Waals surface area (Å²) >= 11 is 0. The van der Waals surface area contributed by atoms with E-state index in [1.165, 1.54) is 13.2 Å². The summed E-state index contributed by atoms with van der Waals surface area (Å²) in [5.74, 6) is -0.915. The highest BCUT2D eigenvalue weighted by molar-refractivity contribution is 6.02. The molecule has 0 unspecified atom stereocenters. The van der Waals surface area contributed by atoms with Gasteiger partial charge < -0.3 is 14.4 Å². The van der Waals surface area contributed by atoms with Crippen molar-refractivity contribution in [3.05, 3.63) is 70.4 Å². The van der Waals surface area contributed by atoms with E-state index in [0.29, 0.717) is 33.3 Å². The lowest BCUT2D eigenvalue weighted by Gasteiger charge is -2.12. The van der Waals surface area contributed by atoms with Crippen LogP contribution in [0.2, 0.25) is 0 Å². The van der Waals surface area contributed by atoms with Crippen LogP contribution in [0.3, 0.4) is 0 Å². The Hall–Kier alpha value is -3.73. The molecule has 0 saturated carbocycles. The molecule has 0 aliphatic carbocycles. The van der Waals surface area contributed by atoms with E-state index in [-0.39, 0.29) is 6.54 Å². The molecule has 154 valence electrons. The Balaban J connectivity index is 2.18. The first-order valence-corrected chi connectivity index (χ1v) is 8.82. The van der Waals surface area contributed by atoms with Crippen LogP contribution in [0.1, 0.15) is 22.3 Å². The van der Waals surface area contributed by atoms with E-state index in [4.69, 9.17) is 10.00 Å². The number of fused-ring (bicyclic) bond motifs is 1. The molecule has 0 bridgehead atoms. The van der Waals surface area contributed by atoms with Gasteiger partial charge in [0, 0.05) is 23.7 Å². The lowest BCUT2D eigenvalue weighted by Crippen LogP contribution is -2.07. The topological polar surface area (TPSA) is 75.2 Å². The molecule has 2 aromatic carbocycles. The van der Waals surface area contributed by atoms with Gasteiger partial charge in [-0.3, -0.25) is 0 Å². The summed E-state index contributed by atoms with van der Waals surface area (Å²) in [6.45, 7) is 1.72. The van der Waals surface area contributed by atoms with E-state index in [1.807, 2.05) is 0 Å². The summed E-state index contributed by atoms with van der Waals surface area (Å²) in [5.41, 5.74) is 0.783. The molecule has 0 radical (unpaired) electrons. The fourth-order valence-corrected chi connectivity index (χ4v) is 3.37. The highest BCUT2D eigenvalue weighted by atomic mass is 19.4. The standard InChI is InChI=1S/C22H17F3N2O3/c1-13-6-14(8-17(7-13)22(23,24)25)11-27-12-16(9-15(10-26)21(28)29)20-18(27)4-3-5-19(20)30-2/h3-9,12H,11H2,1-2H3,(H,28,29)/b15-9+. The summed E-state index contributed by atoms with van der Waals surface area (Å²) in [4.78, 5) is 11.3. The highest BCUT2D eigenvalue weighted by Gasteiger charge is 2.31. The van der Waals surface area contributed by atoms with E-state index in [2.05, 4.69) is 0 Å². The minimum Gasteiger partial charge on any atom is -0.496 e. The van der Waals surface area contributed by atoms with Gasteiger partial charge in [0.1, 0.15) is 17.4 Å². The Morgan fingerprint density at radius 2 is 2.03 bits per heavy atom. The molecule has 30 heavy (non-hydrogen) atoms. The number of aromatic nitrogens is 1. The van der Waals surface area contributed by atoms with E-state index >= 15 is 0 Å². The quantitative estimate of drug-likeness (QED) is 0.470. The smallest absolute Gasteiger partial charge is 0.416 e. The molecule has 0 amide bonds. The average molecular weight is 414 g/mol. The van der Waals surface area contributed by atoms with E-state index in [0.717, 1.165) is 12.1 Å². The van der Waals surface area contributed by atoms with Crippen LogP contribution < -0.4 is 4.74 Å². The minimum atomic E-state index is -4.46. The number of nitriles is 1. The van der Waals surface area contributed by atoms with Gasteiger partial charge in [-0.15, -0.1) is 0 Å². The van der Waals surface area contributed by atoms with E-state index in [1.54, 1.807) is 48.0 Å². The number of ether oxygens (including phenoxy) is 1. The number of aliphatic carboxylic acids is 1. The molecule has 1 N–H and O–H groups in total. The summed E-state index contributed by atoms with van der Waals surface area (Å²) in [6.07, 6.45) is -1.63. The predicted octanol–water partition coefficient (Wildman–Crippen LogP) is 5.02. The first kappa shape index (κ1) is 21.0. The SMILES string of the molecule is COc1cccc2c1c(/C=C(\C#N)C(=O)O)cn2Cc1cc(C)cc(C(F)(F)F)c1. The number of carboxylic acids is 1. The van der Waals surface area contributed by atoms with Crippen LogP contribution >= 0.6 is 0 Å². The molecule has 5 nitrogen and oxygen atoms in total. The summed E-state index contributed by atoms with van der Waals surface area (Å²) in [7, 11) is 1.46. The Kier molecular flexibility index (Phi) is 5.56. The van der Waals surface area contributed by atoms with Gasteiger partial charge in [-0.2, -0.15) is 18.4 Å². The van der Waals surface area contributed by atoms with Crippen molar-refractivity contribution >= 4 is 22.9 Å². The van der Waals surface area contributed by atoms with Crippen molar-refractivity contribution in [3.63, 3.8) is 0 Å². The average Bonchev–Trinajstić information content (AvgIpc) is 3.02.